The summed E-state index contributed by atoms with van der Waals surface area (Å²) < 4.78 is 0. The van der Waals surface area contributed by atoms with Gasteiger partial charge in [0, 0.05) is 19.2 Å². The van der Waals surface area contributed by atoms with E-state index >= 15 is 0 Å². The number of hydrogen-bond acceptors (Lipinski definition) is 5. The predicted octanol–water partition coefficient (Wildman–Crippen LogP) is 3.49. The Hall–Kier alpha value is -1.43. The maximum absolute atomic E-state index is 11.4. The molecule has 1 aromatic heterocycles. The molecule has 5 nitrogen and oxygen atoms in total. The van der Waals surface area contributed by atoms with E-state index in [0.29, 0.717) is 15.8 Å². The Balaban J connectivity index is 2.32. The van der Waals surface area contributed by atoms with Crippen LogP contribution in [0, 0.1) is 16.0 Å². The number of thiophene rings is 1. The smallest absolute Gasteiger partial charge is 0.304 e. The quantitative estimate of drug-likeness (QED) is 0.482. The molecule has 0 amide bonds. The van der Waals surface area contributed by atoms with E-state index in [1.807, 2.05) is 0 Å². The molecule has 2 heterocycles. The minimum atomic E-state index is -0.381. The highest BCUT2D eigenvalue weighted by molar-refractivity contribution is 7.18. The molecule has 0 spiro atoms. The molecule has 1 unspecified atom stereocenters. The van der Waals surface area contributed by atoms with Crippen molar-refractivity contribution in [1.82, 2.24) is 0 Å². The summed E-state index contributed by atoms with van der Waals surface area (Å²) in [5.41, 5.74) is 0.0759. The van der Waals surface area contributed by atoms with Crippen LogP contribution in [0.1, 0.15) is 42.8 Å². The molecular weight excluding hydrogens is 264 g/mol. The van der Waals surface area contributed by atoms with Crippen molar-refractivity contribution >= 4 is 27.8 Å². The van der Waals surface area contributed by atoms with Gasteiger partial charge >= 0.3 is 5.69 Å². The molecule has 6 heteroatoms. The van der Waals surface area contributed by atoms with E-state index in [2.05, 4.69) is 11.8 Å². The van der Waals surface area contributed by atoms with E-state index < -0.39 is 0 Å². The Morgan fingerprint density at radius 2 is 2.37 bits per heavy atom. The standard InChI is InChI=1S/C13H18N2O3S/c1-3-10-5-4-6-14(8-10)13-11(15(17)18)7-12(19-13)9(2)16/h7,10H,3-6,8H2,1-2H3. The Labute approximate surface area is 116 Å². The molecule has 19 heavy (non-hydrogen) atoms. The van der Waals surface area contributed by atoms with Crippen molar-refractivity contribution in [3.63, 3.8) is 0 Å². The zero-order valence-corrected chi connectivity index (χ0v) is 12.0. The summed E-state index contributed by atoms with van der Waals surface area (Å²) in [6, 6.07) is 1.41. The fraction of sp³-hybridized carbons (Fsp3) is 0.615. The van der Waals surface area contributed by atoms with Gasteiger partial charge in [-0.2, -0.15) is 0 Å². The van der Waals surface area contributed by atoms with Gasteiger partial charge in [-0.25, -0.2) is 0 Å². The second-order valence-electron chi connectivity index (χ2n) is 4.98. The molecule has 0 aliphatic carbocycles. The molecular formula is C13H18N2O3S. The first-order valence-electron chi connectivity index (χ1n) is 6.57. The third-order valence-electron chi connectivity index (χ3n) is 3.62. The Bertz CT molecular complexity index is 498. The summed E-state index contributed by atoms with van der Waals surface area (Å²) in [6.45, 7) is 5.30. The van der Waals surface area contributed by atoms with Crippen molar-refractivity contribution in [2.24, 2.45) is 5.92 Å². The average Bonchev–Trinajstić information content (AvgIpc) is 2.84. The van der Waals surface area contributed by atoms with E-state index in [1.54, 1.807) is 0 Å². The minimum absolute atomic E-state index is 0.0759. The fourth-order valence-electron chi connectivity index (χ4n) is 2.49. The van der Waals surface area contributed by atoms with Gasteiger partial charge in [0.15, 0.2) is 10.8 Å². The van der Waals surface area contributed by atoms with Crippen molar-refractivity contribution < 1.29 is 9.72 Å². The number of nitro groups is 1. The number of anilines is 1. The SMILES string of the molecule is CCC1CCCN(c2sc(C(C)=O)cc2[N+](=O)[O-])C1. The van der Waals surface area contributed by atoms with Gasteiger partial charge < -0.3 is 4.90 Å². The van der Waals surface area contributed by atoms with Gasteiger partial charge in [-0.3, -0.25) is 14.9 Å². The largest absolute Gasteiger partial charge is 0.358 e. The normalized spacial score (nSPS) is 19.5. The Morgan fingerprint density at radius 1 is 1.63 bits per heavy atom. The van der Waals surface area contributed by atoms with Crippen molar-refractivity contribution in [3.05, 3.63) is 21.1 Å². The Morgan fingerprint density at radius 3 is 2.95 bits per heavy atom. The first-order chi connectivity index (χ1) is 9.02. The van der Waals surface area contributed by atoms with Crippen molar-refractivity contribution in [2.75, 3.05) is 18.0 Å². The fourth-order valence-corrected chi connectivity index (χ4v) is 3.54. The summed E-state index contributed by atoms with van der Waals surface area (Å²) >= 11 is 1.25. The molecule has 0 aromatic carbocycles. The third kappa shape index (κ3) is 2.94. The van der Waals surface area contributed by atoms with Crippen LogP contribution in [0.25, 0.3) is 0 Å². The summed E-state index contributed by atoms with van der Waals surface area (Å²) in [4.78, 5) is 24.7. The maximum Gasteiger partial charge on any atom is 0.304 e. The number of carbonyl (C=O) groups is 1. The van der Waals surface area contributed by atoms with E-state index in [-0.39, 0.29) is 16.4 Å². The van der Waals surface area contributed by atoms with Crippen LogP contribution in [-0.4, -0.2) is 23.8 Å². The van der Waals surface area contributed by atoms with Crippen LogP contribution in [0.4, 0.5) is 10.7 Å². The van der Waals surface area contributed by atoms with Crippen molar-refractivity contribution in [3.8, 4) is 0 Å². The first-order valence-corrected chi connectivity index (χ1v) is 7.38. The Kier molecular flexibility index (Phi) is 4.19. The number of ketones is 1. The molecule has 1 aliphatic heterocycles. The number of nitrogens with zero attached hydrogens (tertiary/aromatic N) is 2. The molecule has 1 aromatic rings. The van der Waals surface area contributed by atoms with Crippen molar-refractivity contribution in [2.45, 2.75) is 33.1 Å². The molecule has 0 saturated carbocycles. The van der Waals surface area contributed by atoms with Crippen molar-refractivity contribution in [1.29, 1.82) is 0 Å². The highest BCUT2D eigenvalue weighted by Gasteiger charge is 2.28. The predicted molar refractivity (Wildman–Crippen MR) is 76.2 cm³/mol. The van der Waals surface area contributed by atoms with Crippen LogP contribution < -0.4 is 4.90 Å². The minimum Gasteiger partial charge on any atom is -0.358 e. The third-order valence-corrected chi connectivity index (χ3v) is 4.91. The number of Topliss-reactive ketones (excluding diaryl/α,β-unsaturated/α-hetero) is 1. The monoisotopic (exact) mass is 282 g/mol. The van der Waals surface area contributed by atoms with Crippen LogP contribution in [0.3, 0.4) is 0 Å². The van der Waals surface area contributed by atoms with Gasteiger partial charge in [-0.1, -0.05) is 13.3 Å². The molecule has 1 fully saturated rings. The summed E-state index contributed by atoms with van der Waals surface area (Å²) in [5.74, 6) is 0.486. The van der Waals surface area contributed by atoms with Gasteiger partial charge in [0.1, 0.15) is 0 Å². The van der Waals surface area contributed by atoms with Crippen LogP contribution in [0.15, 0.2) is 6.07 Å². The lowest BCUT2D eigenvalue weighted by atomic mass is 9.96. The molecule has 1 aliphatic rings. The van der Waals surface area contributed by atoms with Crippen LogP contribution in [0.5, 0.6) is 0 Å². The van der Waals surface area contributed by atoms with E-state index in [9.17, 15) is 14.9 Å². The second-order valence-corrected chi connectivity index (χ2v) is 6.01. The molecule has 1 atom stereocenters. The lowest BCUT2D eigenvalue weighted by Crippen LogP contribution is -2.34. The van der Waals surface area contributed by atoms with Crippen LogP contribution >= 0.6 is 11.3 Å². The number of carbonyl (C=O) groups excluding carboxylic acids is 1. The van der Waals surface area contributed by atoms with Gasteiger partial charge in [0.25, 0.3) is 0 Å². The van der Waals surface area contributed by atoms with Gasteiger partial charge in [-0.05, 0) is 25.7 Å². The molecule has 0 bridgehead atoms. The van der Waals surface area contributed by atoms with Gasteiger partial charge in [0.2, 0.25) is 0 Å². The van der Waals surface area contributed by atoms with Crippen LogP contribution in [0.2, 0.25) is 0 Å². The molecule has 0 N–H and O–H groups in total. The average molecular weight is 282 g/mol. The summed E-state index contributed by atoms with van der Waals surface area (Å²) in [5, 5.41) is 11.8. The lowest BCUT2D eigenvalue weighted by Gasteiger charge is -2.32. The molecule has 1 saturated heterocycles. The second kappa shape index (κ2) is 5.69. The number of piperidine rings is 1. The first kappa shape index (κ1) is 14.0. The summed E-state index contributed by atoms with van der Waals surface area (Å²) in [7, 11) is 0. The zero-order chi connectivity index (χ0) is 14.0. The summed E-state index contributed by atoms with van der Waals surface area (Å²) in [6.07, 6.45) is 3.34. The van der Waals surface area contributed by atoms with Gasteiger partial charge in [-0.15, -0.1) is 11.3 Å². The van der Waals surface area contributed by atoms with Gasteiger partial charge in [0.05, 0.1) is 9.80 Å². The topological polar surface area (TPSA) is 63.5 Å². The van der Waals surface area contributed by atoms with Crippen LogP contribution in [-0.2, 0) is 0 Å². The zero-order valence-electron chi connectivity index (χ0n) is 11.2. The lowest BCUT2D eigenvalue weighted by molar-refractivity contribution is -0.383. The number of hydrogen-bond donors (Lipinski definition) is 0. The van der Waals surface area contributed by atoms with E-state index in [0.717, 1.165) is 25.9 Å². The highest BCUT2D eigenvalue weighted by atomic mass is 32.1. The molecule has 0 radical (unpaired) electrons. The maximum atomic E-state index is 11.4. The molecule has 104 valence electrons. The van der Waals surface area contributed by atoms with E-state index in [1.165, 1.54) is 30.7 Å². The molecule has 2 rings (SSSR count). The highest BCUT2D eigenvalue weighted by Crippen LogP contribution is 2.39. The van der Waals surface area contributed by atoms with E-state index in [4.69, 9.17) is 0 Å². The number of rotatable bonds is 4.